The Hall–Kier alpha value is -7.62. The molecule has 0 fully saturated rings. The van der Waals surface area contributed by atoms with Gasteiger partial charge in [0.2, 0.25) is 0 Å². The Morgan fingerprint density at radius 2 is 1.05 bits per heavy atom. The average molecular weight is 768 g/mol. The molecule has 3 heteroatoms. The topological polar surface area (TPSA) is 21.7 Å². The Morgan fingerprint density at radius 1 is 0.417 bits per heavy atom. The molecule has 9 aromatic rings. The maximum Gasteiger partial charge on any atom is 0.194 e. The molecule has 0 N–H and O–H groups in total. The summed E-state index contributed by atoms with van der Waals surface area (Å²) in [6, 6.07) is 68.1. The van der Waals surface area contributed by atoms with Gasteiger partial charge in [0, 0.05) is 10.9 Å². The molecule has 282 valence electrons. The molecule has 9 aromatic carbocycles. The predicted octanol–water partition coefficient (Wildman–Crippen LogP) is 15.2. The first kappa shape index (κ1) is 33.4. The Balaban J connectivity index is 1.02. The second kappa shape index (κ2) is 12.7. The predicted molar refractivity (Wildman–Crippen MR) is 244 cm³/mol. The standard InChI is InChI=1S/C57H37NO2/c1-2-16-36(17-3-1)38-32-33-51(44-25-7-6-21-40(38)44)58(50-29-14-19-37-18-4-5-20-39(37)50)52-30-15-31-53-56(52)60-54-34-45-43-24-10-13-28-48(43)57(49(45)35-55(54)59-53)46-26-11-8-22-41(46)42-23-9-12-27-47(42)57/h1-3,5-17,19-35H,4,18H2. The van der Waals surface area contributed by atoms with E-state index in [0.717, 1.165) is 41.0 Å². The molecule has 4 aliphatic rings. The third kappa shape index (κ3) is 4.55. The van der Waals surface area contributed by atoms with Crippen molar-refractivity contribution in [2.45, 2.75) is 18.3 Å². The van der Waals surface area contributed by atoms with E-state index in [0.29, 0.717) is 17.2 Å². The van der Waals surface area contributed by atoms with Crippen molar-refractivity contribution in [1.29, 1.82) is 0 Å². The van der Waals surface area contributed by atoms with Gasteiger partial charge in [-0.25, -0.2) is 0 Å². The quantitative estimate of drug-likeness (QED) is 0.178. The van der Waals surface area contributed by atoms with Gasteiger partial charge in [0.15, 0.2) is 23.0 Å². The van der Waals surface area contributed by atoms with Crippen molar-refractivity contribution in [3.63, 3.8) is 0 Å². The Kier molecular flexibility index (Phi) is 7.06. The molecule has 0 radical (unpaired) electrons. The van der Waals surface area contributed by atoms with Gasteiger partial charge < -0.3 is 14.4 Å². The SMILES string of the molecule is C1=Cc2c(cccc2N(c2cccc3c2Oc2cc4c(cc2O3)C2(c3ccccc3-c3ccccc32)c2ccccc2-4)c2ccc(-c3ccccc3)c3ccccc23)CC1. The molecule has 3 aliphatic carbocycles. The summed E-state index contributed by atoms with van der Waals surface area (Å²) >= 11 is 0. The molecule has 0 saturated carbocycles. The second-order valence-corrected chi connectivity index (χ2v) is 16.2. The number of ether oxygens (including phenoxy) is 2. The number of para-hydroxylation sites is 1. The smallest absolute Gasteiger partial charge is 0.194 e. The molecule has 0 bridgehead atoms. The van der Waals surface area contributed by atoms with Gasteiger partial charge in [-0.05, 0) is 116 Å². The van der Waals surface area contributed by atoms with Gasteiger partial charge in [0.05, 0.1) is 22.5 Å². The summed E-state index contributed by atoms with van der Waals surface area (Å²) in [6.45, 7) is 0. The minimum Gasteiger partial charge on any atom is -0.449 e. The molecular weight excluding hydrogens is 731 g/mol. The van der Waals surface area contributed by atoms with E-state index in [2.05, 4.69) is 199 Å². The fourth-order valence-electron chi connectivity index (χ4n) is 10.7. The summed E-state index contributed by atoms with van der Waals surface area (Å²) in [5.41, 5.74) is 17.7. The van der Waals surface area contributed by atoms with Crippen LogP contribution in [0.4, 0.5) is 17.1 Å². The molecule has 1 aliphatic heterocycles. The normalized spacial score (nSPS) is 14.2. The average Bonchev–Trinajstić information content (AvgIpc) is 3.77. The number of aryl methyl sites for hydroxylation is 1. The van der Waals surface area contributed by atoms with Crippen LogP contribution in [-0.4, -0.2) is 0 Å². The molecule has 3 nitrogen and oxygen atoms in total. The molecule has 60 heavy (non-hydrogen) atoms. The van der Waals surface area contributed by atoms with Crippen LogP contribution in [0.5, 0.6) is 23.0 Å². The summed E-state index contributed by atoms with van der Waals surface area (Å²) in [4.78, 5) is 2.39. The van der Waals surface area contributed by atoms with Crippen molar-refractivity contribution in [2.75, 3.05) is 4.90 Å². The molecule has 0 saturated heterocycles. The van der Waals surface area contributed by atoms with Crippen molar-refractivity contribution in [2.24, 2.45) is 0 Å². The molecule has 0 unspecified atom stereocenters. The van der Waals surface area contributed by atoms with E-state index in [1.807, 2.05) is 6.07 Å². The van der Waals surface area contributed by atoms with Gasteiger partial charge in [0.1, 0.15) is 0 Å². The highest BCUT2D eigenvalue weighted by Crippen LogP contribution is 2.65. The Morgan fingerprint density at radius 3 is 1.82 bits per heavy atom. The molecule has 1 spiro atoms. The van der Waals surface area contributed by atoms with E-state index in [-0.39, 0.29) is 0 Å². The first-order valence-electron chi connectivity index (χ1n) is 20.9. The van der Waals surface area contributed by atoms with E-state index in [1.54, 1.807) is 0 Å². The fourth-order valence-corrected chi connectivity index (χ4v) is 10.7. The van der Waals surface area contributed by atoms with Gasteiger partial charge in [-0.3, -0.25) is 0 Å². The van der Waals surface area contributed by atoms with E-state index in [1.165, 1.54) is 72.1 Å². The van der Waals surface area contributed by atoms with Crippen LogP contribution in [-0.2, 0) is 11.8 Å². The number of fused-ring (bicyclic) bond motifs is 14. The zero-order chi connectivity index (χ0) is 39.4. The van der Waals surface area contributed by atoms with Crippen LogP contribution in [0, 0.1) is 0 Å². The van der Waals surface area contributed by atoms with Crippen molar-refractivity contribution in [3.8, 4) is 56.4 Å². The van der Waals surface area contributed by atoms with Gasteiger partial charge in [0.25, 0.3) is 0 Å². The van der Waals surface area contributed by atoms with Gasteiger partial charge in [-0.1, -0.05) is 164 Å². The Labute approximate surface area is 349 Å². The van der Waals surface area contributed by atoms with Crippen LogP contribution < -0.4 is 14.4 Å². The van der Waals surface area contributed by atoms with Crippen LogP contribution in [0.15, 0.2) is 194 Å². The van der Waals surface area contributed by atoms with Gasteiger partial charge >= 0.3 is 0 Å². The number of hydrogen-bond donors (Lipinski definition) is 0. The first-order valence-corrected chi connectivity index (χ1v) is 20.9. The van der Waals surface area contributed by atoms with Gasteiger partial charge in [-0.15, -0.1) is 0 Å². The number of allylic oxidation sites excluding steroid dienone is 1. The minimum absolute atomic E-state index is 0.469. The first-order chi connectivity index (χ1) is 29.8. The Bertz CT molecular complexity index is 3240. The number of rotatable bonds is 4. The van der Waals surface area contributed by atoms with Crippen LogP contribution in [0.1, 0.15) is 39.8 Å². The number of anilines is 3. The van der Waals surface area contributed by atoms with E-state index >= 15 is 0 Å². The molecule has 1 heterocycles. The van der Waals surface area contributed by atoms with Crippen molar-refractivity contribution in [1.82, 2.24) is 0 Å². The zero-order valence-electron chi connectivity index (χ0n) is 32.7. The maximum atomic E-state index is 7.23. The van der Waals surface area contributed by atoms with E-state index < -0.39 is 5.41 Å². The minimum atomic E-state index is -0.469. The summed E-state index contributed by atoms with van der Waals surface area (Å²) < 4.78 is 14.3. The summed E-state index contributed by atoms with van der Waals surface area (Å²) in [6.07, 6.45) is 6.62. The largest absolute Gasteiger partial charge is 0.449 e. The van der Waals surface area contributed by atoms with Crippen molar-refractivity contribution in [3.05, 3.63) is 228 Å². The van der Waals surface area contributed by atoms with Crippen molar-refractivity contribution >= 4 is 33.9 Å². The number of nitrogens with zero attached hydrogens (tertiary/aromatic N) is 1. The highest BCUT2D eigenvalue weighted by atomic mass is 16.6. The lowest BCUT2D eigenvalue weighted by molar-refractivity contribution is 0.360. The summed E-state index contributed by atoms with van der Waals surface area (Å²) in [5, 5.41) is 2.35. The van der Waals surface area contributed by atoms with E-state index in [9.17, 15) is 0 Å². The van der Waals surface area contributed by atoms with Crippen LogP contribution in [0.2, 0.25) is 0 Å². The van der Waals surface area contributed by atoms with Crippen LogP contribution >= 0.6 is 0 Å². The summed E-state index contributed by atoms with van der Waals surface area (Å²) in [7, 11) is 0. The van der Waals surface area contributed by atoms with Crippen molar-refractivity contribution < 1.29 is 9.47 Å². The van der Waals surface area contributed by atoms with Crippen LogP contribution in [0.25, 0.3) is 50.2 Å². The van der Waals surface area contributed by atoms with E-state index in [4.69, 9.17) is 9.47 Å². The lowest BCUT2D eigenvalue weighted by Crippen LogP contribution is -2.25. The van der Waals surface area contributed by atoms with Crippen LogP contribution in [0.3, 0.4) is 0 Å². The second-order valence-electron chi connectivity index (χ2n) is 16.2. The monoisotopic (exact) mass is 767 g/mol. The molecule has 13 rings (SSSR count). The highest BCUT2D eigenvalue weighted by molar-refractivity contribution is 6.07. The number of hydrogen-bond acceptors (Lipinski definition) is 3. The molecule has 0 aromatic heterocycles. The molecule has 0 atom stereocenters. The third-order valence-electron chi connectivity index (χ3n) is 13.2. The lowest BCUT2D eigenvalue weighted by Gasteiger charge is -2.34. The van der Waals surface area contributed by atoms with Gasteiger partial charge in [-0.2, -0.15) is 0 Å². The zero-order valence-corrected chi connectivity index (χ0v) is 32.7. The number of benzene rings is 9. The lowest BCUT2D eigenvalue weighted by atomic mass is 9.70. The summed E-state index contributed by atoms with van der Waals surface area (Å²) in [5.74, 6) is 2.81. The molecule has 0 amide bonds. The molecular formula is C57H37NO2. The fraction of sp³-hybridized carbons (Fsp3) is 0.0526. The third-order valence-corrected chi connectivity index (χ3v) is 13.2. The highest BCUT2D eigenvalue weighted by Gasteiger charge is 2.52. The maximum absolute atomic E-state index is 7.23.